The van der Waals surface area contributed by atoms with Crippen LogP contribution in [0.1, 0.15) is 26.7 Å². The first-order chi connectivity index (χ1) is 6.82. The standard InChI is InChI=1S/C10H16BrF2NO/c1-7(10(2,12)13)9(15)14-5-3-8(11)4-6-14/h7-8H,3-6H2,1-2H3. The number of carbonyl (C=O) groups excluding carboxylic acids is 1. The second-order valence-corrected chi connectivity index (χ2v) is 5.47. The summed E-state index contributed by atoms with van der Waals surface area (Å²) < 4.78 is 25.9. The summed E-state index contributed by atoms with van der Waals surface area (Å²) in [7, 11) is 0. The van der Waals surface area contributed by atoms with Crippen LogP contribution in [0.15, 0.2) is 0 Å². The highest BCUT2D eigenvalue weighted by molar-refractivity contribution is 9.09. The number of carbonyl (C=O) groups is 1. The van der Waals surface area contributed by atoms with E-state index in [0.717, 1.165) is 19.8 Å². The van der Waals surface area contributed by atoms with Crippen LogP contribution in [-0.2, 0) is 4.79 Å². The van der Waals surface area contributed by atoms with Crippen molar-refractivity contribution in [1.82, 2.24) is 4.90 Å². The molecular weight excluding hydrogens is 268 g/mol. The van der Waals surface area contributed by atoms with Crippen LogP contribution >= 0.6 is 15.9 Å². The van der Waals surface area contributed by atoms with Gasteiger partial charge in [-0.3, -0.25) is 4.79 Å². The van der Waals surface area contributed by atoms with Gasteiger partial charge >= 0.3 is 0 Å². The summed E-state index contributed by atoms with van der Waals surface area (Å²) >= 11 is 3.46. The van der Waals surface area contributed by atoms with Crippen molar-refractivity contribution >= 4 is 21.8 Å². The number of rotatable bonds is 2. The first-order valence-electron chi connectivity index (χ1n) is 5.13. The van der Waals surface area contributed by atoms with E-state index in [1.807, 2.05) is 0 Å². The molecule has 0 aromatic heterocycles. The third kappa shape index (κ3) is 3.40. The van der Waals surface area contributed by atoms with E-state index in [9.17, 15) is 13.6 Å². The molecule has 88 valence electrons. The number of hydrogen-bond acceptors (Lipinski definition) is 1. The number of halogens is 3. The van der Waals surface area contributed by atoms with Crippen LogP contribution in [0.4, 0.5) is 8.78 Å². The van der Waals surface area contributed by atoms with Crippen molar-refractivity contribution < 1.29 is 13.6 Å². The molecule has 1 aliphatic heterocycles. The predicted molar refractivity (Wildman–Crippen MR) is 58.3 cm³/mol. The second-order valence-electron chi connectivity index (χ2n) is 4.18. The Balaban J connectivity index is 2.54. The number of likely N-dealkylation sites (tertiary alicyclic amines) is 1. The van der Waals surface area contributed by atoms with Gasteiger partial charge in [-0.25, -0.2) is 8.78 Å². The van der Waals surface area contributed by atoms with Crippen molar-refractivity contribution in [2.24, 2.45) is 5.92 Å². The fourth-order valence-corrected chi connectivity index (χ4v) is 1.97. The van der Waals surface area contributed by atoms with Crippen molar-refractivity contribution in [2.75, 3.05) is 13.1 Å². The molecule has 1 amide bonds. The van der Waals surface area contributed by atoms with Gasteiger partial charge in [0.1, 0.15) is 0 Å². The van der Waals surface area contributed by atoms with E-state index in [2.05, 4.69) is 15.9 Å². The Hall–Kier alpha value is -0.190. The Bertz CT molecular complexity index is 234. The van der Waals surface area contributed by atoms with E-state index < -0.39 is 17.7 Å². The lowest BCUT2D eigenvalue weighted by Crippen LogP contribution is -2.45. The topological polar surface area (TPSA) is 20.3 Å². The molecular formula is C10H16BrF2NO. The molecule has 0 aromatic carbocycles. The van der Waals surface area contributed by atoms with Gasteiger partial charge < -0.3 is 4.90 Å². The summed E-state index contributed by atoms with van der Waals surface area (Å²) in [6.45, 7) is 3.25. The van der Waals surface area contributed by atoms with Crippen molar-refractivity contribution in [3.05, 3.63) is 0 Å². The van der Waals surface area contributed by atoms with Crippen LogP contribution in [0.3, 0.4) is 0 Å². The molecule has 1 aliphatic rings. The van der Waals surface area contributed by atoms with Gasteiger partial charge in [-0.05, 0) is 19.8 Å². The molecule has 1 saturated heterocycles. The van der Waals surface area contributed by atoms with Gasteiger partial charge in [-0.2, -0.15) is 0 Å². The minimum absolute atomic E-state index is 0.416. The summed E-state index contributed by atoms with van der Waals surface area (Å²) in [4.78, 5) is 13.6. The smallest absolute Gasteiger partial charge is 0.256 e. The minimum Gasteiger partial charge on any atom is -0.342 e. The van der Waals surface area contributed by atoms with Gasteiger partial charge in [0.25, 0.3) is 5.92 Å². The van der Waals surface area contributed by atoms with Crippen LogP contribution in [-0.4, -0.2) is 34.6 Å². The molecule has 1 heterocycles. The number of hydrogen-bond donors (Lipinski definition) is 0. The number of nitrogens with zero attached hydrogens (tertiary/aromatic N) is 1. The SMILES string of the molecule is CC(C(=O)N1CCC(Br)CC1)C(C)(F)F. The Morgan fingerprint density at radius 2 is 1.93 bits per heavy atom. The van der Waals surface area contributed by atoms with Gasteiger partial charge in [-0.15, -0.1) is 0 Å². The van der Waals surface area contributed by atoms with E-state index in [0.29, 0.717) is 17.9 Å². The largest absolute Gasteiger partial charge is 0.342 e. The maximum absolute atomic E-state index is 12.9. The summed E-state index contributed by atoms with van der Waals surface area (Å²) in [6, 6.07) is 0. The molecule has 15 heavy (non-hydrogen) atoms. The average molecular weight is 284 g/mol. The zero-order valence-electron chi connectivity index (χ0n) is 8.97. The number of amides is 1. The first-order valence-corrected chi connectivity index (χ1v) is 6.04. The van der Waals surface area contributed by atoms with Crippen LogP contribution < -0.4 is 0 Å². The molecule has 1 atom stereocenters. The Morgan fingerprint density at radius 1 is 1.47 bits per heavy atom. The van der Waals surface area contributed by atoms with Gasteiger partial charge in [0.15, 0.2) is 0 Å². The van der Waals surface area contributed by atoms with Crippen LogP contribution in [0.25, 0.3) is 0 Å². The highest BCUT2D eigenvalue weighted by Crippen LogP contribution is 2.27. The summed E-state index contributed by atoms with van der Waals surface area (Å²) in [5.74, 6) is -4.58. The maximum atomic E-state index is 12.9. The molecule has 1 rings (SSSR count). The van der Waals surface area contributed by atoms with Gasteiger partial charge in [0, 0.05) is 24.8 Å². The second kappa shape index (κ2) is 4.76. The fourth-order valence-electron chi connectivity index (χ4n) is 1.56. The van der Waals surface area contributed by atoms with E-state index in [4.69, 9.17) is 0 Å². The zero-order valence-corrected chi connectivity index (χ0v) is 10.6. The van der Waals surface area contributed by atoms with E-state index in [1.54, 1.807) is 4.90 Å². The maximum Gasteiger partial charge on any atom is 0.256 e. The quantitative estimate of drug-likeness (QED) is 0.714. The monoisotopic (exact) mass is 283 g/mol. The van der Waals surface area contributed by atoms with E-state index in [-0.39, 0.29) is 0 Å². The van der Waals surface area contributed by atoms with Gasteiger partial charge in [0.05, 0.1) is 5.92 Å². The first kappa shape index (κ1) is 12.9. The Morgan fingerprint density at radius 3 is 2.33 bits per heavy atom. The third-order valence-corrected chi connectivity index (χ3v) is 3.78. The predicted octanol–water partition coefficient (Wildman–Crippen LogP) is 2.66. The zero-order chi connectivity index (χ0) is 11.6. The third-order valence-electron chi connectivity index (χ3n) is 2.87. The summed E-state index contributed by atoms with van der Waals surface area (Å²) in [5, 5.41) is 0. The van der Waals surface area contributed by atoms with E-state index in [1.165, 1.54) is 6.92 Å². The summed E-state index contributed by atoms with van der Waals surface area (Å²) in [6.07, 6.45) is 1.68. The molecule has 0 aliphatic carbocycles. The Labute approximate surface area is 97.1 Å². The lowest BCUT2D eigenvalue weighted by molar-refractivity contribution is -0.147. The van der Waals surface area contributed by atoms with Crippen LogP contribution in [0.5, 0.6) is 0 Å². The molecule has 0 spiro atoms. The molecule has 0 saturated carbocycles. The lowest BCUT2D eigenvalue weighted by Gasteiger charge is -2.32. The van der Waals surface area contributed by atoms with Crippen molar-refractivity contribution in [1.29, 1.82) is 0 Å². The number of piperidine rings is 1. The van der Waals surface area contributed by atoms with Crippen molar-refractivity contribution in [3.8, 4) is 0 Å². The minimum atomic E-state index is -2.93. The normalized spacial score (nSPS) is 21.5. The molecule has 2 nitrogen and oxygen atoms in total. The average Bonchev–Trinajstić information content (AvgIpc) is 2.15. The Kier molecular flexibility index (Phi) is 4.09. The molecule has 0 aromatic rings. The van der Waals surface area contributed by atoms with Crippen LogP contribution in [0, 0.1) is 5.92 Å². The molecule has 0 N–H and O–H groups in total. The molecule has 1 unspecified atom stereocenters. The van der Waals surface area contributed by atoms with E-state index >= 15 is 0 Å². The lowest BCUT2D eigenvalue weighted by atomic mass is 10.0. The summed E-state index contributed by atoms with van der Waals surface area (Å²) in [5.41, 5.74) is 0. The van der Waals surface area contributed by atoms with Crippen molar-refractivity contribution in [3.63, 3.8) is 0 Å². The highest BCUT2D eigenvalue weighted by atomic mass is 79.9. The van der Waals surface area contributed by atoms with Gasteiger partial charge in [0.2, 0.25) is 5.91 Å². The van der Waals surface area contributed by atoms with Crippen molar-refractivity contribution in [2.45, 2.75) is 37.4 Å². The molecule has 1 fully saturated rings. The highest BCUT2D eigenvalue weighted by Gasteiger charge is 2.38. The van der Waals surface area contributed by atoms with Crippen LogP contribution in [0.2, 0.25) is 0 Å². The number of alkyl halides is 3. The molecule has 0 bridgehead atoms. The van der Waals surface area contributed by atoms with Gasteiger partial charge in [-0.1, -0.05) is 15.9 Å². The molecule has 5 heteroatoms. The fraction of sp³-hybridized carbons (Fsp3) is 0.900. The molecule has 0 radical (unpaired) electrons.